The highest BCUT2D eigenvalue weighted by atomic mass is 16.5. The molecule has 0 bridgehead atoms. The Labute approximate surface area is 86.1 Å². The third-order valence-electron chi connectivity index (χ3n) is 2.22. The second-order valence-electron chi connectivity index (χ2n) is 3.50. The summed E-state index contributed by atoms with van der Waals surface area (Å²) in [5.74, 6) is 0. The van der Waals surface area contributed by atoms with E-state index < -0.39 is 0 Å². The van der Waals surface area contributed by atoms with Crippen LogP contribution in [-0.2, 0) is 17.8 Å². The molecule has 0 radical (unpaired) electrons. The molecule has 2 heteroatoms. The summed E-state index contributed by atoms with van der Waals surface area (Å²) in [7, 11) is 1.72. The van der Waals surface area contributed by atoms with Gasteiger partial charge >= 0.3 is 0 Å². The molecule has 0 aromatic heterocycles. The Kier molecular flexibility index (Phi) is 5.27. The van der Waals surface area contributed by atoms with Gasteiger partial charge in [0.25, 0.3) is 0 Å². The molecule has 0 spiro atoms. The lowest BCUT2D eigenvalue weighted by atomic mass is 10.1. The molecule has 2 N–H and O–H groups in total. The maximum atomic E-state index is 5.45. The van der Waals surface area contributed by atoms with Crippen molar-refractivity contribution >= 4 is 0 Å². The molecule has 1 rings (SSSR count). The lowest BCUT2D eigenvalue weighted by Crippen LogP contribution is -1.99. The molecule has 2 nitrogen and oxygen atoms in total. The van der Waals surface area contributed by atoms with Crippen molar-refractivity contribution in [2.75, 3.05) is 13.7 Å². The summed E-state index contributed by atoms with van der Waals surface area (Å²) in [6, 6.07) is 8.55. The third-order valence-corrected chi connectivity index (χ3v) is 2.22. The molecule has 0 aliphatic rings. The van der Waals surface area contributed by atoms with E-state index in [1.54, 1.807) is 7.11 Å². The summed E-state index contributed by atoms with van der Waals surface area (Å²) in [5, 5.41) is 0. The van der Waals surface area contributed by atoms with Crippen molar-refractivity contribution < 1.29 is 4.74 Å². The quantitative estimate of drug-likeness (QED) is 0.702. The van der Waals surface area contributed by atoms with Gasteiger partial charge in [-0.15, -0.1) is 0 Å². The van der Waals surface area contributed by atoms with Crippen LogP contribution in [0.15, 0.2) is 24.3 Å². The number of benzene rings is 1. The Morgan fingerprint density at radius 2 is 2.00 bits per heavy atom. The molecule has 14 heavy (non-hydrogen) atoms. The molecule has 0 unspecified atom stereocenters. The van der Waals surface area contributed by atoms with Crippen LogP contribution in [0.4, 0.5) is 0 Å². The number of hydrogen-bond donors (Lipinski definition) is 1. The first-order valence-corrected chi connectivity index (χ1v) is 5.13. The van der Waals surface area contributed by atoms with Crippen LogP contribution in [0.3, 0.4) is 0 Å². The van der Waals surface area contributed by atoms with E-state index in [9.17, 15) is 0 Å². The van der Waals surface area contributed by atoms with Gasteiger partial charge in [0.2, 0.25) is 0 Å². The van der Waals surface area contributed by atoms with E-state index in [-0.39, 0.29) is 0 Å². The fourth-order valence-corrected chi connectivity index (χ4v) is 1.52. The predicted molar refractivity (Wildman–Crippen MR) is 59.1 cm³/mol. The van der Waals surface area contributed by atoms with E-state index in [0.29, 0.717) is 6.61 Å². The first kappa shape index (κ1) is 11.2. The van der Waals surface area contributed by atoms with Crippen LogP contribution in [0.25, 0.3) is 0 Å². The lowest BCUT2D eigenvalue weighted by molar-refractivity contribution is 0.185. The standard InChI is InChI=1S/C12H19NO/c1-14-10-12-7-4-6-11(9-12)5-2-3-8-13/h4,6-7,9H,2-3,5,8,10,13H2,1H3. The molecule has 0 amide bonds. The van der Waals surface area contributed by atoms with Gasteiger partial charge in [0, 0.05) is 7.11 Å². The van der Waals surface area contributed by atoms with Crippen LogP contribution in [0.1, 0.15) is 24.0 Å². The summed E-state index contributed by atoms with van der Waals surface area (Å²) < 4.78 is 5.09. The van der Waals surface area contributed by atoms with E-state index in [1.807, 2.05) is 0 Å². The lowest BCUT2D eigenvalue weighted by Gasteiger charge is -2.04. The van der Waals surface area contributed by atoms with Crippen LogP contribution in [0, 0.1) is 0 Å². The molecular formula is C12H19NO. The largest absolute Gasteiger partial charge is 0.380 e. The van der Waals surface area contributed by atoms with Crippen LogP contribution in [0.5, 0.6) is 0 Å². The summed E-state index contributed by atoms with van der Waals surface area (Å²) in [6.45, 7) is 1.49. The Balaban J connectivity index is 2.46. The monoisotopic (exact) mass is 193 g/mol. The van der Waals surface area contributed by atoms with Crippen molar-refractivity contribution in [3.8, 4) is 0 Å². The number of nitrogens with two attached hydrogens (primary N) is 1. The molecule has 1 aromatic carbocycles. The third kappa shape index (κ3) is 3.90. The summed E-state index contributed by atoms with van der Waals surface area (Å²) in [4.78, 5) is 0. The molecule has 0 saturated carbocycles. The van der Waals surface area contributed by atoms with Crippen LogP contribution < -0.4 is 5.73 Å². The van der Waals surface area contributed by atoms with Gasteiger partial charge in [-0.1, -0.05) is 24.3 Å². The highest BCUT2D eigenvalue weighted by Crippen LogP contribution is 2.09. The zero-order valence-electron chi connectivity index (χ0n) is 8.83. The van der Waals surface area contributed by atoms with Crippen molar-refractivity contribution in [1.29, 1.82) is 0 Å². The Bertz CT molecular complexity index is 260. The maximum absolute atomic E-state index is 5.45. The molecule has 0 aliphatic carbocycles. The minimum atomic E-state index is 0.699. The molecule has 0 saturated heterocycles. The van der Waals surface area contributed by atoms with Crippen molar-refractivity contribution in [3.05, 3.63) is 35.4 Å². The van der Waals surface area contributed by atoms with Crippen LogP contribution in [-0.4, -0.2) is 13.7 Å². The average Bonchev–Trinajstić information content (AvgIpc) is 2.19. The minimum Gasteiger partial charge on any atom is -0.380 e. The number of methoxy groups -OCH3 is 1. The second-order valence-corrected chi connectivity index (χ2v) is 3.50. The Hall–Kier alpha value is -0.860. The predicted octanol–water partition coefficient (Wildman–Crippen LogP) is 2.11. The van der Waals surface area contributed by atoms with E-state index in [1.165, 1.54) is 17.5 Å². The summed E-state index contributed by atoms with van der Waals surface area (Å²) >= 11 is 0. The molecule has 0 aliphatic heterocycles. The minimum absolute atomic E-state index is 0.699. The Morgan fingerprint density at radius 1 is 1.21 bits per heavy atom. The topological polar surface area (TPSA) is 35.2 Å². The zero-order valence-corrected chi connectivity index (χ0v) is 8.83. The fourth-order valence-electron chi connectivity index (χ4n) is 1.52. The molecule has 0 heterocycles. The number of hydrogen-bond acceptors (Lipinski definition) is 2. The summed E-state index contributed by atoms with van der Waals surface area (Å²) in [5.41, 5.74) is 8.08. The Morgan fingerprint density at radius 3 is 2.71 bits per heavy atom. The van der Waals surface area contributed by atoms with Crippen LogP contribution >= 0.6 is 0 Å². The summed E-state index contributed by atoms with van der Waals surface area (Å²) in [6.07, 6.45) is 3.40. The van der Waals surface area contributed by atoms with Crippen molar-refractivity contribution in [2.45, 2.75) is 25.9 Å². The van der Waals surface area contributed by atoms with Gasteiger partial charge in [0.05, 0.1) is 6.61 Å². The van der Waals surface area contributed by atoms with Crippen LogP contribution in [0.2, 0.25) is 0 Å². The van der Waals surface area contributed by atoms with Gasteiger partial charge in [0.15, 0.2) is 0 Å². The SMILES string of the molecule is COCc1cccc(CCCCN)c1. The number of unbranched alkanes of at least 4 members (excludes halogenated alkanes) is 1. The van der Waals surface area contributed by atoms with Gasteiger partial charge in [-0.2, -0.15) is 0 Å². The van der Waals surface area contributed by atoms with Crippen molar-refractivity contribution in [1.82, 2.24) is 0 Å². The number of aryl methyl sites for hydroxylation is 1. The highest BCUT2D eigenvalue weighted by Gasteiger charge is 1.95. The molecule has 0 atom stereocenters. The van der Waals surface area contributed by atoms with Gasteiger partial charge < -0.3 is 10.5 Å². The van der Waals surface area contributed by atoms with Gasteiger partial charge in [0.1, 0.15) is 0 Å². The molecule has 1 aromatic rings. The first-order chi connectivity index (χ1) is 6.86. The normalized spacial score (nSPS) is 10.4. The second kappa shape index (κ2) is 6.57. The molecule has 0 fully saturated rings. The van der Waals surface area contributed by atoms with E-state index in [2.05, 4.69) is 24.3 Å². The maximum Gasteiger partial charge on any atom is 0.0713 e. The highest BCUT2D eigenvalue weighted by molar-refractivity contribution is 5.23. The van der Waals surface area contributed by atoms with E-state index >= 15 is 0 Å². The first-order valence-electron chi connectivity index (χ1n) is 5.13. The van der Waals surface area contributed by atoms with Gasteiger partial charge in [-0.3, -0.25) is 0 Å². The fraction of sp³-hybridized carbons (Fsp3) is 0.500. The molecule has 78 valence electrons. The van der Waals surface area contributed by atoms with E-state index in [4.69, 9.17) is 10.5 Å². The number of rotatable bonds is 6. The van der Waals surface area contributed by atoms with E-state index in [0.717, 1.165) is 19.4 Å². The zero-order chi connectivity index (χ0) is 10.2. The van der Waals surface area contributed by atoms with Gasteiger partial charge in [-0.05, 0) is 36.9 Å². The van der Waals surface area contributed by atoms with Gasteiger partial charge in [-0.25, -0.2) is 0 Å². The smallest absolute Gasteiger partial charge is 0.0713 e. The average molecular weight is 193 g/mol. The number of ether oxygens (including phenoxy) is 1. The molecular weight excluding hydrogens is 174 g/mol. The van der Waals surface area contributed by atoms with Crippen molar-refractivity contribution in [2.24, 2.45) is 5.73 Å². The van der Waals surface area contributed by atoms with Crippen molar-refractivity contribution in [3.63, 3.8) is 0 Å².